The first-order valence-electron chi connectivity index (χ1n) is 5.24. The van der Waals surface area contributed by atoms with Gasteiger partial charge in [0.15, 0.2) is 5.13 Å². The standard InChI is InChI=1S/C10H17N3OS.ClH/c1-13(6-8-3-2-4-14-8)7-9-5-12-10(11)15-9;/h5,8H,2-4,6-7H2,1H3,(H2,11,12);1H/t8-;/m0./s1. The molecule has 2 heterocycles. The van der Waals surface area contributed by atoms with Crippen LogP contribution in [0.15, 0.2) is 6.20 Å². The van der Waals surface area contributed by atoms with Gasteiger partial charge in [0.2, 0.25) is 0 Å². The van der Waals surface area contributed by atoms with Crippen LogP contribution in [0.2, 0.25) is 0 Å². The van der Waals surface area contributed by atoms with Crippen LogP contribution in [0.3, 0.4) is 0 Å². The Kier molecular flexibility index (Phi) is 5.48. The van der Waals surface area contributed by atoms with E-state index in [1.54, 1.807) is 11.3 Å². The number of ether oxygens (including phenoxy) is 1. The third-order valence-electron chi connectivity index (χ3n) is 2.54. The highest BCUT2D eigenvalue weighted by Crippen LogP contribution is 2.18. The lowest BCUT2D eigenvalue weighted by molar-refractivity contribution is 0.0796. The average Bonchev–Trinajstić information content (AvgIpc) is 2.77. The van der Waals surface area contributed by atoms with Gasteiger partial charge in [-0.05, 0) is 19.9 Å². The number of nitrogens with zero attached hydrogens (tertiary/aromatic N) is 2. The Balaban J connectivity index is 0.00000128. The summed E-state index contributed by atoms with van der Waals surface area (Å²) in [5, 5.41) is 0.649. The molecule has 1 aromatic heterocycles. The number of hydrogen-bond acceptors (Lipinski definition) is 5. The Morgan fingerprint density at radius 1 is 1.69 bits per heavy atom. The number of rotatable bonds is 4. The molecule has 6 heteroatoms. The van der Waals surface area contributed by atoms with Gasteiger partial charge in [-0.15, -0.1) is 23.7 Å². The predicted molar refractivity (Wildman–Crippen MR) is 69.1 cm³/mol. The minimum Gasteiger partial charge on any atom is -0.377 e. The Hall–Kier alpha value is -0.360. The summed E-state index contributed by atoms with van der Waals surface area (Å²) in [6, 6.07) is 0. The van der Waals surface area contributed by atoms with Gasteiger partial charge in [0.1, 0.15) is 0 Å². The molecule has 1 atom stereocenters. The number of likely N-dealkylation sites (N-methyl/N-ethyl adjacent to an activating group) is 1. The summed E-state index contributed by atoms with van der Waals surface area (Å²) in [7, 11) is 2.11. The summed E-state index contributed by atoms with van der Waals surface area (Å²) in [4.78, 5) is 7.52. The molecule has 1 aliphatic heterocycles. The first-order chi connectivity index (χ1) is 7.24. The van der Waals surface area contributed by atoms with E-state index in [4.69, 9.17) is 10.5 Å². The molecule has 1 aliphatic rings. The normalized spacial score (nSPS) is 20.0. The molecule has 0 unspecified atom stereocenters. The maximum Gasteiger partial charge on any atom is 0.180 e. The number of thiazole rings is 1. The van der Waals surface area contributed by atoms with Crippen LogP contribution in [-0.4, -0.2) is 36.2 Å². The van der Waals surface area contributed by atoms with Gasteiger partial charge in [-0.3, -0.25) is 4.90 Å². The SMILES string of the molecule is CN(Cc1cnc(N)s1)C[C@@H]1CCCO1.Cl. The Morgan fingerprint density at radius 2 is 2.50 bits per heavy atom. The lowest BCUT2D eigenvalue weighted by atomic mass is 10.2. The van der Waals surface area contributed by atoms with Crippen molar-refractivity contribution in [2.45, 2.75) is 25.5 Å². The molecular weight excluding hydrogens is 246 g/mol. The van der Waals surface area contributed by atoms with Gasteiger partial charge >= 0.3 is 0 Å². The molecule has 2 N–H and O–H groups in total. The molecule has 4 nitrogen and oxygen atoms in total. The Bertz CT molecular complexity index is 315. The minimum absolute atomic E-state index is 0. The highest BCUT2D eigenvalue weighted by atomic mass is 35.5. The van der Waals surface area contributed by atoms with Crippen molar-refractivity contribution in [1.29, 1.82) is 0 Å². The number of nitrogen functional groups attached to an aromatic ring is 1. The van der Waals surface area contributed by atoms with Gasteiger partial charge < -0.3 is 10.5 Å². The van der Waals surface area contributed by atoms with Crippen molar-refractivity contribution in [3.8, 4) is 0 Å². The van der Waals surface area contributed by atoms with Gasteiger partial charge in [-0.1, -0.05) is 0 Å². The first-order valence-corrected chi connectivity index (χ1v) is 6.06. The van der Waals surface area contributed by atoms with E-state index in [1.165, 1.54) is 17.7 Å². The van der Waals surface area contributed by atoms with Gasteiger partial charge in [-0.25, -0.2) is 4.98 Å². The maximum atomic E-state index is 5.59. The largest absolute Gasteiger partial charge is 0.377 e. The van der Waals surface area contributed by atoms with Crippen LogP contribution in [0, 0.1) is 0 Å². The number of hydrogen-bond donors (Lipinski definition) is 1. The monoisotopic (exact) mass is 263 g/mol. The average molecular weight is 264 g/mol. The molecule has 0 aliphatic carbocycles. The summed E-state index contributed by atoms with van der Waals surface area (Å²) >= 11 is 1.56. The Labute approximate surface area is 106 Å². The van der Waals surface area contributed by atoms with Crippen LogP contribution < -0.4 is 5.73 Å². The summed E-state index contributed by atoms with van der Waals surface area (Å²) in [5.74, 6) is 0. The van der Waals surface area contributed by atoms with Crippen molar-refractivity contribution < 1.29 is 4.74 Å². The summed E-state index contributed by atoms with van der Waals surface area (Å²) < 4.78 is 5.59. The molecule has 92 valence electrons. The van der Waals surface area contributed by atoms with Gasteiger partial charge in [0, 0.05) is 30.8 Å². The van der Waals surface area contributed by atoms with Crippen LogP contribution in [0.4, 0.5) is 5.13 Å². The van der Waals surface area contributed by atoms with E-state index in [0.717, 1.165) is 19.7 Å². The van der Waals surface area contributed by atoms with Crippen molar-refractivity contribution in [1.82, 2.24) is 9.88 Å². The Morgan fingerprint density at radius 3 is 3.06 bits per heavy atom. The van der Waals surface area contributed by atoms with Crippen molar-refractivity contribution in [2.24, 2.45) is 0 Å². The predicted octanol–water partition coefficient (Wildman–Crippen LogP) is 1.76. The fraction of sp³-hybridized carbons (Fsp3) is 0.700. The summed E-state index contributed by atoms with van der Waals surface area (Å²) in [6.45, 7) is 2.83. The summed E-state index contributed by atoms with van der Waals surface area (Å²) in [6.07, 6.45) is 4.66. The molecule has 0 saturated carbocycles. The van der Waals surface area contributed by atoms with E-state index in [1.807, 2.05) is 6.20 Å². The van der Waals surface area contributed by atoms with E-state index < -0.39 is 0 Å². The molecular formula is C10H18ClN3OS. The second kappa shape index (κ2) is 6.39. The quantitative estimate of drug-likeness (QED) is 0.899. The second-order valence-corrected chi connectivity index (χ2v) is 5.14. The molecule has 16 heavy (non-hydrogen) atoms. The number of anilines is 1. The van der Waals surface area contributed by atoms with Crippen LogP contribution in [0.25, 0.3) is 0 Å². The van der Waals surface area contributed by atoms with Gasteiger partial charge in [-0.2, -0.15) is 0 Å². The summed E-state index contributed by atoms with van der Waals surface area (Å²) in [5.41, 5.74) is 5.58. The van der Waals surface area contributed by atoms with Gasteiger partial charge in [0.25, 0.3) is 0 Å². The van der Waals surface area contributed by atoms with Crippen LogP contribution in [-0.2, 0) is 11.3 Å². The number of nitrogens with two attached hydrogens (primary N) is 1. The van der Waals surface area contributed by atoms with E-state index in [-0.39, 0.29) is 12.4 Å². The molecule has 0 aromatic carbocycles. The zero-order chi connectivity index (χ0) is 10.7. The molecule has 0 spiro atoms. The zero-order valence-corrected chi connectivity index (χ0v) is 11.0. The van der Waals surface area contributed by atoms with E-state index in [2.05, 4.69) is 16.9 Å². The highest BCUT2D eigenvalue weighted by molar-refractivity contribution is 7.15. The van der Waals surface area contributed by atoms with Crippen molar-refractivity contribution in [2.75, 3.05) is 25.9 Å². The topological polar surface area (TPSA) is 51.4 Å². The van der Waals surface area contributed by atoms with Crippen LogP contribution in [0.5, 0.6) is 0 Å². The second-order valence-electron chi connectivity index (χ2n) is 4.00. The van der Waals surface area contributed by atoms with Crippen molar-refractivity contribution >= 4 is 28.9 Å². The van der Waals surface area contributed by atoms with Crippen molar-refractivity contribution in [3.05, 3.63) is 11.1 Å². The van der Waals surface area contributed by atoms with Gasteiger partial charge in [0.05, 0.1) is 6.10 Å². The highest BCUT2D eigenvalue weighted by Gasteiger charge is 2.17. The zero-order valence-electron chi connectivity index (χ0n) is 9.39. The minimum atomic E-state index is 0. The molecule has 1 aromatic rings. The fourth-order valence-electron chi connectivity index (χ4n) is 1.86. The van der Waals surface area contributed by atoms with E-state index in [0.29, 0.717) is 11.2 Å². The third kappa shape index (κ3) is 3.90. The van der Waals surface area contributed by atoms with Crippen LogP contribution in [0.1, 0.15) is 17.7 Å². The van der Waals surface area contributed by atoms with Crippen LogP contribution >= 0.6 is 23.7 Å². The molecule has 0 radical (unpaired) electrons. The number of aromatic nitrogens is 1. The third-order valence-corrected chi connectivity index (χ3v) is 3.35. The molecule has 1 saturated heterocycles. The first kappa shape index (κ1) is 13.7. The van der Waals surface area contributed by atoms with Crippen molar-refractivity contribution in [3.63, 3.8) is 0 Å². The lowest BCUT2D eigenvalue weighted by Gasteiger charge is -2.19. The molecule has 0 bridgehead atoms. The molecule has 1 fully saturated rings. The van der Waals surface area contributed by atoms with E-state index in [9.17, 15) is 0 Å². The van der Waals surface area contributed by atoms with E-state index >= 15 is 0 Å². The smallest absolute Gasteiger partial charge is 0.180 e. The molecule has 0 amide bonds. The maximum absolute atomic E-state index is 5.59. The lowest BCUT2D eigenvalue weighted by Crippen LogP contribution is -2.27. The number of halogens is 1. The fourth-order valence-corrected chi connectivity index (χ4v) is 2.63. The molecule has 2 rings (SSSR count).